The molecule has 6 heteroatoms. The first-order valence-electron chi connectivity index (χ1n) is 6.01. The molecule has 0 bridgehead atoms. The zero-order valence-corrected chi connectivity index (χ0v) is 11.3. The fourth-order valence-corrected chi connectivity index (χ4v) is 1.95. The number of hydrogen-bond donors (Lipinski definition) is 2. The van der Waals surface area contributed by atoms with Gasteiger partial charge >= 0.3 is 0 Å². The monoisotopic (exact) mass is 282 g/mol. The van der Waals surface area contributed by atoms with Crippen molar-refractivity contribution in [1.82, 2.24) is 5.32 Å². The fraction of sp³-hybridized carbons (Fsp3) is 0.385. The molecule has 1 unspecified atom stereocenters. The van der Waals surface area contributed by atoms with Crippen molar-refractivity contribution < 1.29 is 14.3 Å². The van der Waals surface area contributed by atoms with Gasteiger partial charge in [0.25, 0.3) is 0 Å². The molecule has 1 aliphatic heterocycles. The minimum Gasteiger partial charge on any atom is -0.366 e. The molecule has 2 amide bonds. The molecule has 19 heavy (non-hydrogen) atoms. The van der Waals surface area contributed by atoms with Crippen LogP contribution in [0.15, 0.2) is 18.2 Å². The van der Waals surface area contributed by atoms with Gasteiger partial charge in [-0.15, -0.1) is 0 Å². The smallest absolute Gasteiger partial charge is 0.249 e. The van der Waals surface area contributed by atoms with Gasteiger partial charge in [0.1, 0.15) is 6.10 Å². The maximum absolute atomic E-state index is 11.8. The number of nitrogens with one attached hydrogen (secondary N) is 2. The molecular weight excluding hydrogens is 268 g/mol. The number of hydrogen-bond acceptors (Lipinski definition) is 3. The van der Waals surface area contributed by atoms with Gasteiger partial charge in [-0.05, 0) is 24.6 Å². The summed E-state index contributed by atoms with van der Waals surface area (Å²) in [6, 6.07) is 5.26. The number of carbonyl (C=O) groups excluding carboxylic acids is 2. The van der Waals surface area contributed by atoms with Crippen LogP contribution in [-0.4, -0.2) is 31.1 Å². The summed E-state index contributed by atoms with van der Waals surface area (Å²) in [5.74, 6) is -0.523. The van der Waals surface area contributed by atoms with E-state index in [2.05, 4.69) is 10.6 Å². The predicted molar refractivity (Wildman–Crippen MR) is 72.2 cm³/mol. The van der Waals surface area contributed by atoms with Crippen molar-refractivity contribution in [2.24, 2.45) is 0 Å². The minimum atomic E-state index is -0.713. The van der Waals surface area contributed by atoms with E-state index in [1.54, 1.807) is 12.1 Å². The molecular formula is C13H15ClN2O3. The lowest BCUT2D eigenvalue weighted by Crippen LogP contribution is -2.45. The molecule has 1 saturated heterocycles. The van der Waals surface area contributed by atoms with Crippen LogP contribution in [0.5, 0.6) is 0 Å². The van der Waals surface area contributed by atoms with Crippen LogP contribution in [0.2, 0.25) is 5.02 Å². The quantitative estimate of drug-likeness (QED) is 0.883. The largest absolute Gasteiger partial charge is 0.366 e. The molecule has 1 fully saturated rings. The number of morpholine rings is 1. The summed E-state index contributed by atoms with van der Waals surface area (Å²) in [5, 5.41) is 5.93. The third kappa shape index (κ3) is 3.68. The number of aryl methyl sites for hydroxylation is 1. The number of halogens is 1. The highest BCUT2D eigenvalue weighted by Crippen LogP contribution is 2.20. The van der Waals surface area contributed by atoms with Gasteiger partial charge in [-0.3, -0.25) is 9.59 Å². The third-order valence-corrected chi connectivity index (χ3v) is 3.25. The van der Waals surface area contributed by atoms with E-state index >= 15 is 0 Å². The van der Waals surface area contributed by atoms with Crippen molar-refractivity contribution >= 4 is 29.1 Å². The van der Waals surface area contributed by atoms with Crippen LogP contribution < -0.4 is 10.6 Å². The SMILES string of the molecule is Cc1ccc(NC(=O)CC2OCCNC2=O)cc1Cl. The van der Waals surface area contributed by atoms with Gasteiger partial charge in [-0.2, -0.15) is 0 Å². The minimum absolute atomic E-state index is 0.00265. The standard InChI is InChI=1S/C13H15ClN2O3/c1-8-2-3-9(6-10(8)14)16-12(17)7-11-13(18)15-4-5-19-11/h2-3,6,11H,4-5,7H2,1H3,(H,15,18)(H,16,17). The van der Waals surface area contributed by atoms with Crippen molar-refractivity contribution in [1.29, 1.82) is 0 Å². The van der Waals surface area contributed by atoms with Gasteiger partial charge < -0.3 is 15.4 Å². The predicted octanol–water partition coefficient (Wildman–Crippen LogP) is 1.49. The average molecular weight is 283 g/mol. The van der Waals surface area contributed by atoms with Gasteiger partial charge in [-0.1, -0.05) is 17.7 Å². The average Bonchev–Trinajstić information content (AvgIpc) is 2.37. The number of carbonyl (C=O) groups is 2. The maximum Gasteiger partial charge on any atom is 0.249 e. The Labute approximate surface area is 116 Å². The molecule has 0 saturated carbocycles. The zero-order chi connectivity index (χ0) is 13.8. The summed E-state index contributed by atoms with van der Waals surface area (Å²) in [5.41, 5.74) is 1.55. The summed E-state index contributed by atoms with van der Waals surface area (Å²) in [6.07, 6.45) is -0.716. The Hall–Kier alpha value is -1.59. The van der Waals surface area contributed by atoms with Crippen molar-refractivity contribution in [2.75, 3.05) is 18.5 Å². The third-order valence-electron chi connectivity index (χ3n) is 2.84. The van der Waals surface area contributed by atoms with Crippen LogP contribution in [0.1, 0.15) is 12.0 Å². The van der Waals surface area contributed by atoms with Crippen LogP contribution in [0, 0.1) is 6.92 Å². The molecule has 0 aromatic heterocycles. The lowest BCUT2D eigenvalue weighted by molar-refractivity contribution is -0.141. The number of ether oxygens (including phenoxy) is 1. The number of benzene rings is 1. The highest BCUT2D eigenvalue weighted by atomic mass is 35.5. The molecule has 2 rings (SSSR count). The molecule has 1 aromatic rings. The van der Waals surface area contributed by atoms with Crippen molar-refractivity contribution in [2.45, 2.75) is 19.4 Å². The first kappa shape index (κ1) is 13.8. The number of anilines is 1. The molecule has 102 valence electrons. The van der Waals surface area contributed by atoms with E-state index in [1.807, 2.05) is 13.0 Å². The van der Waals surface area contributed by atoms with E-state index in [0.29, 0.717) is 23.9 Å². The van der Waals surface area contributed by atoms with Crippen LogP contribution in [0.3, 0.4) is 0 Å². The molecule has 0 radical (unpaired) electrons. The van der Waals surface area contributed by atoms with Gasteiger partial charge in [0.2, 0.25) is 11.8 Å². The van der Waals surface area contributed by atoms with E-state index in [4.69, 9.17) is 16.3 Å². The molecule has 1 aromatic carbocycles. The summed E-state index contributed by atoms with van der Waals surface area (Å²) < 4.78 is 5.24. The Morgan fingerprint density at radius 2 is 2.37 bits per heavy atom. The molecule has 5 nitrogen and oxygen atoms in total. The Morgan fingerprint density at radius 3 is 3.05 bits per heavy atom. The molecule has 1 heterocycles. The lowest BCUT2D eigenvalue weighted by Gasteiger charge is -2.22. The van der Waals surface area contributed by atoms with Gasteiger partial charge in [0.05, 0.1) is 13.0 Å². The molecule has 1 aliphatic rings. The Bertz CT molecular complexity index is 505. The van der Waals surface area contributed by atoms with Crippen molar-refractivity contribution in [3.8, 4) is 0 Å². The van der Waals surface area contributed by atoms with Crippen molar-refractivity contribution in [3.63, 3.8) is 0 Å². The number of rotatable bonds is 3. The van der Waals surface area contributed by atoms with E-state index in [9.17, 15) is 9.59 Å². The van der Waals surface area contributed by atoms with E-state index in [1.165, 1.54) is 0 Å². The Morgan fingerprint density at radius 1 is 1.58 bits per heavy atom. The Balaban J connectivity index is 1.93. The number of amides is 2. The van der Waals surface area contributed by atoms with E-state index in [0.717, 1.165) is 5.56 Å². The zero-order valence-electron chi connectivity index (χ0n) is 10.5. The van der Waals surface area contributed by atoms with Crippen LogP contribution in [0.25, 0.3) is 0 Å². The fourth-order valence-electron chi connectivity index (χ4n) is 1.77. The van der Waals surface area contributed by atoms with Gasteiger partial charge in [-0.25, -0.2) is 0 Å². The highest BCUT2D eigenvalue weighted by molar-refractivity contribution is 6.31. The first-order chi connectivity index (χ1) is 9.06. The lowest BCUT2D eigenvalue weighted by atomic mass is 10.2. The van der Waals surface area contributed by atoms with E-state index < -0.39 is 6.10 Å². The van der Waals surface area contributed by atoms with Crippen LogP contribution in [0.4, 0.5) is 5.69 Å². The molecule has 0 aliphatic carbocycles. The highest BCUT2D eigenvalue weighted by Gasteiger charge is 2.25. The van der Waals surface area contributed by atoms with Crippen molar-refractivity contribution in [3.05, 3.63) is 28.8 Å². The second kappa shape index (κ2) is 6.04. The molecule has 0 spiro atoms. The normalized spacial score (nSPS) is 18.8. The maximum atomic E-state index is 11.8. The van der Waals surface area contributed by atoms with E-state index in [-0.39, 0.29) is 18.2 Å². The van der Waals surface area contributed by atoms with Gasteiger partial charge in [0, 0.05) is 17.3 Å². The topological polar surface area (TPSA) is 67.4 Å². The molecule has 2 N–H and O–H groups in total. The van der Waals surface area contributed by atoms with Crippen LogP contribution in [-0.2, 0) is 14.3 Å². The van der Waals surface area contributed by atoms with Gasteiger partial charge in [0.15, 0.2) is 0 Å². The Kier molecular flexibility index (Phi) is 4.39. The summed E-state index contributed by atoms with van der Waals surface area (Å²) in [4.78, 5) is 23.3. The van der Waals surface area contributed by atoms with Crippen LogP contribution >= 0.6 is 11.6 Å². The molecule has 1 atom stereocenters. The summed E-state index contributed by atoms with van der Waals surface area (Å²) in [6.45, 7) is 2.80. The second-order valence-electron chi connectivity index (χ2n) is 4.37. The second-order valence-corrected chi connectivity index (χ2v) is 4.77. The summed E-state index contributed by atoms with van der Waals surface area (Å²) >= 11 is 5.97. The summed E-state index contributed by atoms with van der Waals surface area (Å²) in [7, 11) is 0. The first-order valence-corrected chi connectivity index (χ1v) is 6.39.